The minimum absolute atomic E-state index is 0.212. The van der Waals surface area contributed by atoms with Crippen molar-refractivity contribution in [2.75, 3.05) is 4.72 Å². The minimum atomic E-state index is -3.41. The van der Waals surface area contributed by atoms with Crippen LogP contribution in [0.15, 0.2) is 24.4 Å². The molecule has 0 aromatic carbocycles. The number of aliphatic carboxylic acids is 1. The fraction of sp³-hybridized carbons (Fsp3) is 0.385. The molecule has 2 rings (SSSR count). The predicted molar refractivity (Wildman–Crippen MR) is 75.7 cm³/mol. The van der Waals surface area contributed by atoms with E-state index < -0.39 is 16.0 Å². The van der Waals surface area contributed by atoms with Gasteiger partial charge in [-0.25, -0.2) is 18.2 Å². The van der Waals surface area contributed by atoms with Crippen molar-refractivity contribution in [2.45, 2.75) is 30.9 Å². The molecule has 0 spiro atoms. The van der Waals surface area contributed by atoms with Gasteiger partial charge in [-0.1, -0.05) is 12.8 Å². The Bertz CT molecular complexity index is 619. The van der Waals surface area contributed by atoms with Gasteiger partial charge in [0.15, 0.2) is 0 Å². The van der Waals surface area contributed by atoms with E-state index in [1.165, 1.54) is 18.3 Å². The fourth-order valence-electron chi connectivity index (χ4n) is 2.20. The molecule has 1 saturated carbocycles. The lowest BCUT2D eigenvalue weighted by molar-refractivity contribution is -0.131. The van der Waals surface area contributed by atoms with Gasteiger partial charge in [0.2, 0.25) is 10.0 Å². The van der Waals surface area contributed by atoms with Gasteiger partial charge in [0.25, 0.3) is 0 Å². The number of carboxylic acid groups (broad SMARTS) is 1. The Morgan fingerprint density at radius 2 is 2.10 bits per heavy atom. The summed E-state index contributed by atoms with van der Waals surface area (Å²) in [6.07, 6.45) is 7.03. The maximum Gasteiger partial charge on any atom is 0.328 e. The topological polar surface area (TPSA) is 96.4 Å². The second kappa shape index (κ2) is 6.04. The summed E-state index contributed by atoms with van der Waals surface area (Å²) < 4.78 is 26.7. The van der Waals surface area contributed by atoms with E-state index in [2.05, 4.69) is 9.71 Å². The molecule has 108 valence electrons. The first-order valence-corrected chi connectivity index (χ1v) is 7.91. The van der Waals surface area contributed by atoms with E-state index in [0.717, 1.165) is 18.9 Å². The maximum atomic E-state index is 12.1. The zero-order valence-corrected chi connectivity index (χ0v) is 11.6. The Kier molecular flexibility index (Phi) is 4.39. The summed E-state index contributed by atoms with van der Waals surface area (Å²) in [7, 11) is -3.41. The average Bonchev–Trinajstić information content (AvgIpc) is 2.91. The first-order valence-electron chi connectivity index (χ1n) is 6.36. The molecular weight excluding hydrogens is 280 g/mol. The van der Waals surface area contributed by atoms with Crippen LogP contribution in [0, 0.1) is 0 Å². The molecule has 6 nitrogen and oxygen atoms in total. The van der Waals surface area contributed by atoms with Gasteiger partial charge in [-0.05, 0) is 36.6 Å². The highest BCUT2D eigenvalue weighted by atomic mass is 32.2. The molecule has 0 aliphatic heterocycles. The SMILES string of the molecule is O=C(O)/C=C/c1ccnc(NS(=O)(=O)C2CCCC2)c1. The second-order valence-corrected chi connectivity index (χ2v) is 6.66. The summed E-state index contributed by atoms with van der Waals surface area (Å²) in [6, 6.07) is 3.11. The monoisotopic (exact) mass is 296 g/mol. The van der Waals surface area contributed by atoms with Crippen LogP contribution in [0.4, 0.5) is 5.82 Å². The van der Waals surface area contributed by atoms with E-state index in [1.807, 2.05) is 0 Å². The summed E-state index contributed by atoms with van der Waals surface area (Å²) in [5.41, 5.74) is 0.575. The Morgan fingerprint density at radius 1 is 1.40 bits per heavy atom. The van der Waals surface area contributed by atoms with Gasteiger partial charge in [-0.3, -0.25) is 4.72 Å². The van der Waals surface area contributed by atoms with Gasteiger partial charge >= 0.3 is 5.97 Å². The molecule has 20 heavy (non-hydrogen) atoms. The largest absolute Gasteiger partial charge is 0.478 e. The molecule has 0 atom stereocenters. The molecule has 1 fully saturated rings. The Morgan fingerprint density at radius 3 is 2.75 bits per heavy atom. The summed E-state index contributed by atoms with van der Waals surface area (Å²) in [5, 5.41) is 8.20. The highest BCUT2D eigenvalue weighted by Gasteiger charge is 2.28. The van der Waals surface area contributed by atoms with E-state index in [0.29, 0.717) is 18.4 Å². The standard InChI is InChI=1S/C13H16N2O4S/c16-13(17)6-5-10-7-8-14-12(9-10)15-20(18,19)11-3-1-2-4-11/h5-9,11H,1-4H2,(H,14,15)(H,16,17)/b6-5+. The summed E-state index contributed by atoms with van der Waals surface area (Å²) in [4.78, 5) is 14.4. The van der Waals surface area contributed by atoms with Crippen molar-refractivity contribution in [3.63, 3.8) is 0 Å². The van der Waals surface area contributed by atoms with Crippen LogP contribution in [0.1, 0.15) is 31.2 Å². The second-order valence-electron chi connectivity index (χ2n) is 4.70. The van der Waals surface area contributed by atoms with Crippen LogP contribution in [-0.4, -0.2) is 29.7 Å². The molecule has 0 amide bonds. The first-order chi connectivity index (χ1) is 9.47. The van der Waals surface area contributed by atoms with E-state index in [4.69, 9.17) is 5.11 Å². The molecule has 1 heterocycles. The van der Waals surface area contributed by atoms with Crippen molar-refractivity contribution in [1.29, 1.82) is 0 Å². The van der Waals surface area contributed by atoms with E-state index >= 15 is 0 Å². The van der Waals surface area contributed by atoms with Gasteiger partial charge < -0.3 is 5.11 Å². The van der Waals surface area contributed by atoms with Gasteiger partial charge in [0, 0.05) is 12.3 Å². The number of sulfonamides is 1. The van der Waals surface area contributed by atoms with Crippen LogP contribution < -0.4 is 4.72 Å². The zero-order valence-electron chi connectivity index (χ0n) is 10.8. The van der Waals surface area contributed by atoms with E-state index in [-0.39, 0.29) is 11.1 Å². The van der Waals surface area contributed by atoms with Crippen molar-refractivity contribution in [3.8, 4) is 0 Å². The van der Waals surface area contributed by atoms with Gasteiger partial charge in [0.05, 0.1) is 5.25 Å². The van der Waals surface area contributed by atoms with Crippen LogP contribution in [0.3, 0.4) is 0 Å². The lowest BCUT2D eigenvalue weighted by Crippen LogP contribution is -2.25. The van der Waals surface area contributed by atoms with Crippen LogP contribution in [0.5, 0.6) is 0 Å². The van der Waals surface area contributed by atoms with Gasteiger partial charge in [-0.15, -0.1) is 0 Å². The molecule has 0 bridgehead atoms. The van der Waals surface area contributed by atoms with Crippen LogP contribution in [0.2, 0.25) is 0 Å². The minimum Gasteiger partial charge on any atom is -0.478 e. The quantitative estimate of drug-likeness (QED) is 0.808. The number of carbonyl (C=O) groups is 1. The summed E-state index contributed by atoms with van der Waals surface area (Å²) in [5.74, 6) is -0.848. The fourth-order valence-corrected chi connectivity index (χ4v) is 3.73. The van der Waals surface area contributed by atoms with Gasteiger partial charge in [-0.2, -0.15) is 0 Å². The number of nitrogens with zero attached hydrogens (tertiary/aromatic N) is 1. The molecule has 0 unspecified atom stereocenters. The number of hydrogen-bond donors (Lipinski definition) is 2. The number of rotatable bonds is 5. The lowest BCUT2D eigenvalue weighted by Gasteiger charge is -2.12. The molecule has 7 heteroatoms. The summed E-state index contributed by atoms with van der Waals surface area (Å²) >= 11 is 0. The van der Waals surface area contributed by atoms with Gasteiger partial charge in [0.1, 0.15) is 5.82 Å². The third kappa shape index (κ3) is 3.80. The molecule has 0 radical (unpaired) electrons. The Labute approximate surface area is 117 Å². The molecule has 1 aromatic rings. The highest BCUT2D eigenvalue weighted by Crippen LogP contribution is 2.25. The van der Waals surface area contributed by atoms with Crippen molar-refractivity contribution in [1.82, 2.24) is 4.98 Å². The number of hydrogen-bond acceptors (Lipinski definition) is 4. The molecule has 2 N–H and O–H groups in total. The van der Waals surface area contributed by atoms with Crippen LogP contribution in [-0.2, 0) is 14.8 Å². The normalized spacial score (nSPS) is 16.6. The number of nitrogens with one attached hydrogen (secondary N) is 1. The van der Waals surface area contributed by atoms with Crippen molar-refractivity contribution in [2.24, 2.45) is 0 Å². The third-order valence-electron chi connectivity index (χ3n) is 3.19. The molecule has 1 aliphatic rings. The van der Waals surface area contributed by atoms with Crippen molar-refractivity contribution >= 4 is 27.9 Å². The molecular formula is C13H16N2O4S. The third-order valence-corrected chi connectivity index (χ3v) is 5.03. The number of aromatic nitrogens is 1. The van der Waals surface area contributed by atoms with Crippen molar-refractivity contribution < 1.29 is 18.3 Å². The molecule has 1 aliphatic carbocycles. The lowest BCUT2D eigenvalue weighted by atomic mass is 10.2. The van der Waals surface area contributed by atoms with Crippen LogP contribution >= 0.6 is 0 Å². The van der Waals surface area contributed by atoms with Crippen molar-refractivity contribution in [3.05, 3.63) is 30.0 Å². The number of pyridine rings is 1. The smallest absolute Gasteiger partial charge is 0.328 e. The highest BCUT2D eigenvalue weighted by molar-refractivity contribution is 7.93. The number of anilines is 1. The van der Waals surface area contributed by atoms with Crippen LogP contribution in [0.25, 0.3) is 6.08 Å². The molecule has 0 saturated heterocycles. The van der Waals surface area contributed by atoms with E-state index in [9.17, 15) is 13.2 Å². The molecule has 1 aromatic heterocycles. The first kappa shape index (κ1) is 14.5. The Balaban J connectivity index is 2.13. The zero-order chi connectivity index (χ0) is 14.6. The predicted octanol–water partition coefficient (Wildman–Crippen LogP) is 1.86. The number of carboxylic acids is 1. The average molecular weight is 296 g/mol. The Hall–Kier alpha value is -1.89. The van der Waals surface area contributed by atoms with E-state index in [1.54, 1.807) is 6.07 Å². The summed E-state index contributed by atoms with van der Waals surface area (Å²) in [6.45, 7) is 0. The maximum absolute atomic E-state index is 12.1.